The predicted molar refractivity (Wildman–Crippen MR) is 87.4 cm³/mol. The molecule has 0 bridgehead atoms. The maximum absolute atomic E-state index is 5.70. The van der Waals surface area contributed by atoms with Gasteiger partial charge in [0.25, 0.3) is 0 Å². The standard InChI is InChI=1S/C17H25BrN2/c18-17-9-13(10-19)5-6-16(17)12-20-8-7-14-3-1-2-4-15(14)11-20/h5-6,9,14-15H,1-4,7-8,10-12,19H2. The molecule has 1 saturated carbocycles. The van der Waals surface area contributed by atoms with Gasteiger partial charge in [-0.2, -0.15) is 0 Å². The van der Waals surface area contributed by atoms with Crippen LogP contribution in [0, 0.1) is 11.8 Å². The van der Waals surface area contributed by atoms with E-state index in [2.05, 4.69) is 39.0 Å². The number of fused-ring (bicyclic) bond motifs is 1. The molecule has 20 heavy (non-hydrogen) atoms. The van der Waals surface area contributed by atoms with Gasteiger partial charge in [0.1, 0.15) is 0 Å². The molecule has 1 aromatic rings. The van der Waals surface area contributed by atoms with E-state index in [0.29, 0.717) is 6.54 Å². The van der Waals surface area contributed by atoms with Crippen LogP contribution in [0.3, 0.4) is 0 Å². The first-order valence-corrected chi connectivity index (χ1v) is 8.75. The van der Waals surface area contributed by atoms with Crippen LogP contribution in [0.4, 0.5) is 0 Å². The molecule has 2 atom stereocenters. The molecule has 1 aliphatic heterocycles. The number of rotatable bonds is 3. The lowest BCUT2D eigenvalue weighted by Gasteiger charge is -2.41. The lowest BCUT2D eigenvalue weighted by molar-refractivity contribution is 0.0819. The molecule has 2 N–H and O–H groups in total. The van der Waals surface area contributed by atoms with Crippen LogP contribution in [-0.2, 0) is 13.1 Å². The van der Waals surface area contributed by atoms with Gasteiger partial charge in [-0.25, -0.2) is 0 Å². The number of piperidine rings is 1. The number of hydrogen-bond acceptors (Lipinski definition) is 2. The quantitative estimate of drug-likeness (QED) is 0.906. The van der Waals surface area contributed by atoms with E-state index in [1.807, 2.05) is 0 Å². The third-order valence-electron chi connectivity index (χ3n) is 5.12. The molecule has 0 spiro atoms. The third-order valence-corrected chi connectivity index (χ3v) is 5.86. The van der Waals surface area contributed by atoms with Gasteiger partial charge in [-0.05, 0) is 48.4 Å². The van der Waals surface area contributed by atoms with E-state index in [1.54, 1.807) is 0 Å². The Morgan fingerprint density at radius 1 is 1.15 bits per heavy atom. The summed E-state index contributed by atoms with van der Waals surface area (Å²) in [6, 6.07) is 6.56. The van der Waals surface area contributed by atoms with Crippen molar-refractivity contribution in [1.29, 1.82) is 0 Å². The summed E-state index contributed by atoms with van der Waals surface area (Å²) >= 11 is 3.70. The highest BCUT2D eigenvalue weighted by atomic mass is 79.9. The Kier molecular flexibility index (Phi) is 4.79. The zero-order chi connectivity index (χ0) is 13.9. The van der Waals surface area contributed by atoms with Gasteiger partial charge in [0.15, 0.2) is 0 Å². The maximum atomic E-state index is 5.70. The maximum Gasteiger partial charge on any atom is 0.0245 e. The summed E-state index contributed by atoms with van der Waals surface area (Å²) in [6.45, 7) is 4.27. The van der Waals surface area contributed by atoms with Crippen molar-refractivity contribution in [3.8, 4) is 0 Å². The first-order chi connectivity index (χ1) is 9.76. The Morgan fingerprint density at radius 2 is 1.95 bits per heavy atom. The fourth-order valence-corrected chi connectivity index (χ4v) is 4.46. The van der Waals surface area contributed by atoms with Gasteiger partial charge in [-0.15, -0.1) is 0 Å². The van der Waals surface area contributed by atoms with Crippen molar-refractivity contribution in [3.05, 3.63) is 33.8 Å². The van der Waals surface area contributed by atoms with Gasteiger partial charge in [-0.1, -0.05) is 47.3 Å². The third kappa shape index (κ3) is 3.26. The number of nitrogens with zero attached hydrogens (tertiary/aromatic N) is 1. The van der Waals surface area contributed by atoms with Crippen LogP contribution in [0.2, 0.25) is 0 Å². The summed E-state index contributed by atoms with van der Waals surface area (Å²) in [5.41, 5.74) is 8.30. The van der Waals surface area contributed by atoms with E-state index in [9.17, 15) is 0 Å². The molecule has 2 unspecified atom stereocenters. The summed E-state index contributed by atoms with van der Waals surface area (Å²) < 4.78 is 1.21. The second-order valence-corrected chi connectivity index (χ2v) is 7.31. The Balaban J connectivity index is 1.63. The Hall–Kier alpha value is -0.380. The zero-order valence-corrected chi connectivity index (χ0v) is 13.7. The van der Waals surface area contributed by atoms with Gasteiger partial charge < -0.3 is 5.73 Å². The molecule has 1 saturated heterocycles. The summed E-state index contributed by atoms with van der Waals surface area (Å²) in [5.74, 6) is 1.97. The molecule has 2 nitrogen and oxygen atoms in total. The predicted octanol–water partition coefficient (Wildman–Crippen LogP) is 3.92. The second-order valence-electron chi connectivity index (χ2n) is 6.46. The van der Waals surface area contributed by atoms with Crippen LogP contribution in [0.15, 0.2) is 22.7 Å². The molecular formula is C17H25BrN2. The Bertz CT molecular complexity index is 460. The first-order valence-electron chi connectivity index (χ1n) is 7.96. The van der Waals surface area contributed by atoms with Crippen LogP contribution in [0.25, 0.3) is 0 Å². The van der Waals surface area contributed by atoms with Crippen LogP contribution in [0.5, 0.6) is 0 Å². The van der Waals surface area contributed by atoms with Crippen molar-refractivity contribution in [2.75, 3.05) is 13.1 Å². The summed E-state index contributed by atoms with van der Waals surface area (Å²) in [5, 5.41) is 0. The summed E-state index contributed by atoms with van der Waals surface area (Å²) in [6.07, 6.45) is 7.25. The molecule has 0 radical (unpaired) electrons. The van der Waals surface area contributed by atoms with E-state index >= 15 is 0 Å². The van der Waals surface area contributed by atoms with Gasteiger partial charge in [0.05, 0.1) is 0 Å². The number of nitrogens with two attached hydrogens (primary N) is 1. The van der Waals surface area contributed by atoms with Crippen LogP contribution < -0.4 is 5.73 Å². The number of benzene rings is 1. The van der Waals surface area contributed by atoms with Gasteiger partial charge >= 0.3 is 0 Å². The van der Waals surface area contributed by atoms with Crippen LogP contribution >= 0.6 is 15.9 Å². The molecule has 0 amide bonds. The number of hydrogen-bond donors (Lipinski definition) is 1. The molecule has 2 aliphatic rings. The normalized spacial score (nSPS) is 27.3. The van der Waals surface area contributed by atoms with Crippen molar-refractivity contribution in [2.24, 2.45) is 17.6 Å². The van der Waals surface area contributed by atoms with E-state index in [0.717, 1.165) is 18.4 Å². The Labute approximate surface area is 130 Å². The van der Waals surface area contributed by atoms with Crippen LogP contribution in [-0.4, -0.2) is 18.0 Å². The highest BCUT2D eigenvalue weighted by Crippen LogP contribution is 2.36. The molecule has 3 heteroatoms. The van der Waals surface area contributed by atoms with E-state index < -0.39 is 0 Å². The van der Waals surface area contributed by atoms with Gasteiger partial charge in [0, 0.05) is 24.1 Å². The van der Waals surface area contributed by atoms with Crippen molar-refractivity contribution < 1.29 is 0 Å². The highest BCUT2D eigenvalue weighted by molar-refractivity contribution is 9.10. The van der Waals surface area contributed by atoms with Crippen molar-refractivity contribution in [3.63, 3.8) is 0 Å². The van der Waals surface area contributed by atoms with E-state index in [1.165, 1.54) is 60.8 Å². The minimum Gasteiger partial charge on any atom is -0.326 e. The lowest BCUT2D eigenvalue weighted by atomic mass is 9.75. The van der Waals surface area contributed by atoms with Crippen molar-refractivity contribution >= 4 is 15.9 Å². The number of likely N-dealkylation sites (tertiary alicyclic amines) is 1. The molecule has 2 fully saturated rings. The highest BCUT2D eigenvalue weighted by Gasteiger charge is 2.30. The van der Waals surface area contributed by atoms with Crippen LogP contribution in [0.1, 0.15) is 43.2 Å². The molecule has 110 valence electrons. The Morgan fingerprint density at radius 3 is 2.70 bits per heavy atom. The molecule has 1 aromatic carbocycles. The average Bonchev–Trinajstić information content (AvgIpc) is 2.49. The zero-order valence-electron chi connectivity index (χ0n) is 12.2. The second kappa shape index (κ2) is 6.59. The molecule has 1 aliphatic carbocycles. The minimum absolute atomic E-state index is 0.617. The molecular weight excluding hydrogens is 312 g/mol. The van der Waals surface area contributed by atoms with Crippen molar-refractivity contribution in [2.45, 2.75) is 45.2 Å². The van der Waals surface area contributed by atoms with Gasteiger partial charge in [-0.3, -0.25) is 4.90 Å². The van der Waals surface area contributed by atoms with E-state index in [4.69, 9.17) is 5.73 Å². The molecule has 3 rings (SSSR count). The van der Waals surface area contributed by atoms with Crippen molar-refractivity contribution in [1.82, 2.24) is 4.90 Å². The fourth-order valence-electron chi connectivity index (χ4n) is 3.91. The smallest absolute Gasteiger partial charge is 0.0245 e. The van der Waals surface area contributed by atoms with E-state index in [-0.39, 0.29) is 0 Å². The topological polar surface area (TPSA) is 29.3 Å². The lowest BCUT2D eigenvalue weighted by Crippen LogP contribution is -2.41. The fraction of sp³-hybridized carbons (Fsp3) is 0.647. The monoisotopic (exact) mass is 336 g/mol. The molecule has 0 aromatic heterocycles. The number of halogens is 1. The summed E-state index contributed by atoms with van der Waals surface area (Å²) in [7, 11) is 0. The minimum atomic E-state index is 0.617. The summed E-state index contributed by atoms with van der Waals surface area (Å²) in [4.78, 5) is 2.65. The van der Waals surface area contributed by atoms with Gasteiger partial charge in [0.2, 0.25) is 0 Å². The molecule has 1 heterocycles. The average molecular weight is 337 g/mol. The SMILES string of the molecule is NCc1ccc(CN2CCC3CCCCC3C2)c(Br)c1. The first kappa shape index (κ1) is 14.6. The largest absolute Gasteiger partial charge is 0.326 e.